The Morgan fingerprint density at radius 3 is 2.66 bits per heavy atom. The molecule has 7 nitrogen and oxygen atoms in total. The van der Waals surface area contributed by atoms with Gasteiger partial charge in [-0.25, -0.2) is 8.91 Å². The van der Waals surface area contributed by atoms with Crippen LogP contribution in [0.3, 0.4) is 0 Å². The van der Waals surface area contributed by atoms with Gasteiger partial charge in [-0.15, -0.1) is 10.2 Å². The van der Waals surface area contributed by atoms with Crippen molar-refractivity contribution < 1.29 is 9.13 Å². The molecule has 0 unspecified atom stereocenters. The van der Waals surface area contributed by atoms with Crippen LogP contribution in [0.25, 0.3) is 27.8 Å². The van der Waals surface area contributed by atoms with Gasteiger partial charge in [0.2, 0.25) is 0 Å². The fourth-order valence-corrected chi connectivity index (χ4v) is 4.96. The maximum absolute atomic E-state index is 13.5. The van der Waals surface area contributed by atoms with Crippen molar-refractivity contribution in [3.8, 4) is 11.1 Å². The Bertz CT molecular complexity index is 1340. The van der Waals surface area contributed by atoms with Gasteiger partial charge in [-0.05, 0) is 42.0 Å². The Hall–Kier alpha value is -3.13. The van der Waals surface area contributed by atoms with E-state index >= 15 is 0 Å². The number of hydrogen-bond acceptors (Lipinski definition) is 5. The summed E-state index contributed by atoms with van der Waals surface area (Å²) in [4.78, 5) is 13.4. The Balaban J connectivity index is 1.70. The highest BCUT2D eigenvalue weighted by atomic mass is 19.1. The Morgan fingerprint density at radius 2 is 1.91 bits per heavy atom. The second kappa shape index (κ2) is 8.09. The van der Waals surface area contributed by atoms with Gasteiger partial charge in [0.1, 0.15) is 11.3 Å². The summed E-state index contributed by atoms with van der Waals surface area (Å²) in [5.74, 6) is 0.673. The number of methoxy groups -OCH3 is 1. The molecule has 1 aliphatic carbocycles. The summed E-state index contributed by atoms with van der Waals surface area (Å²) in [6.45, 7) is 4.73. The lowest BCUT2D eigenvalue weighted by Gasteiger charge is -2.35. The molecule has 0 radical (unpaired) electrons. The highest BCUT2D eigenvalue weighted by Gasteiger charge is 2.29. The van der Waals surface area contributed by atoms with Gasteiger partial charge in [0.05, 0.1) is 17.9 Å². The van der Waals surface area contributed by atoms with Gasteiger partial charge in [-0.1, -0.05) is 38.8 Å². The Morgan fingerprint density at radius 1 is 1.12 bits per heavy atom. The molecule has 3 atom stereocenters. The third kappa shape index (κ3) is 3.30. The molecular weight excluding hydrogens is 409 g/mol. The normalized spacial score (nSPS) is 21.4. The molecule has 1 saturated carbocycles. The van der Waals surface area contributed by atoms with E-state index < -0.39 is 0 Å². The molecule has 32 heavy (non-hydrogen) atoms. The summed E-state index contributed by atoms with van der Waals surface area (Å²) in [6.07, 6.45) is 5.16. The fourth-order valence-electron chi connectivity index (χ4n) is 4.96. The highest BCUT2D eigenvalue weighted by Crippen LogP contribution is 2.37. The van der Waals surface area contributed by atoms with Gasteiger partial charge in [-0.2, -0.15) is 5.10 Å². The van der Waals surface area contributed by atoms with Gasteiger partial charge in [-0.3, -0.25) is 4.79 Å². The quantitative estimate of drug-likeness (QED) is 0.475. The summed E-state index contributed by atoms with van der Waals surface area (Å²) >= 11 is 0. The van der Waals surface area contributed by atoms with Crippen molar-refractivity contribution in [2.24, 2.45) is 11.8 Å². The van der Waals surface area contributed by atoms with Crippen molar-refractivity contribution in [3.63, 3.8) is 0 Å². The Kier molecular flexibility index (Phi) is 5.25. The van der Waals surface area contributed by atoms with Crippen LogP contribution in [-0.4, -0.2) is 31.5 Å². The number of rotatable bonds is 4. The van der Waals surface area contributed by atoms with Crippen LogP contribution in [0.1, 0.15) is 44.8 Å². The van der Waals surface area contributed by atoms with Crippen LogP contribution in [-0.2, 0) is 11.3 Å². The minimum atomic E-state index is -0.318. The maximum Gasteiger partial charge on any atom is 0.280 e. The van der Waals surface area contributed by atoms with Crippen LogP contribution in [0.5, 0.6) is 0 Å². The lowest BCUT2D eigenvalue weighted by molar-refractivity contribution is 0.181. The lowest BCUT2D eigenvalue weighted by Crippen LogP contribution is -2.34. The van der Waals surface area contributed by atoms with Gasteiger partial charge in [0.15, 0.2) is 11.2 Å². The van der Waals surface area contributed by atoms with Crippen molar-refractivity contribution in [1.29, 1.82) is 0 Å². The number of nitrogens with zero attached hydrogens (tertiary/aromatic N) is 5. The molecule has 0 bridgehead atoms. The van der Waals surface area contributed by atoms with Crippen molar-refractivity contribution in [2.75, 3.05) is 7.11 Å². The average Bonchev–Trinajstić information content (AvgIpc) is 3.15. The van der Waals surface area contributed by atoms with Crippen molar-refractivity contribution in [3.05, 3.63) is 58.4 Å². The van der Waals surface area contributed by atoms with Gasteiger partial charge in [0, 0.05) is 19.3 Å². The Labute approximate surface area is 184 Å². The largest absolute Gasteiger partial charge is 0.378 e. The van der Waals surface area contributed by atoms with E-state index in [1.165, 1.54) is 18.6 Å². The van der Waals surface area contributed by atoms with Crippen molar-refractivity contribution >= 4 is 16.7 Å². The first-order chi connectivity index (χ1) is 15.5. The average molecular weight is 436 g/mol. The summed E-state index contributed by atoms with van der Waals surface area (Å²) in [6, 6.07) is 8.21. The van der Waals surface area contributed by atoms with E-state index in [9.17, 15) is 9.18 Å². The highest BCUT2D eigenvalue weighted by molar-refractivity contribution is 5.84. The third-order valence-corrected chi connectivity index (χ3v) is 6.91. The second-order valence-corrected chi connectivity index (χ2v) is 8.79. The molecule has 3 aromatic heterocycles. The van der Waals surface area contributed by atoms with Gasteiger partial charge < -0.3 is 9.30 Å². The summed E-state index contributed by atoms with van der Waals surface area (Å²) in [5, 5.41) is 13.4. The molecule has 8 heteroatoms. The van der Waals surface area contributed by atoms with E-state index in [2.05, 4.69) is 29.1 Å². The molecule has 5 rings (SSSR count). The van der Waals surface area contributed by atoms with Gasteiger partial charge in [0.25, 0.3) is 5.56 Å². The zero-order valence-electron chi connectivity index (χ0n) is 18.5. The first-order valence-corrected chi connectivity index (χ1v) is 11.0. The molecule has 0 spiro atoms. The predicted molar refractivity (Wildman–Crippen MR) is 120 cm³/mol. The maximum atomic E-state index is 13.5. The van der Waals surface area contributed by atoms with Crippen LogP contribution in [0.4, 0.5) is 4.39 Å². The first kappa shape index (κ1) is 20.8. The molecule has 0 N–H and O–H groups in total. The standard InChI is InChI=1S/C24H26FN5O2/c1-14-5-4-6-19(15(14)2)29-12-11-20-22(24(29)31)26-27-23-21(16-7-9-17(25)10-8-16)18(13-32-3)28-30(20)23/h7-12,14-15,19H,4-6,13H2,1-3H3/t14-,15-,19-/m0/s1. The number of pyridine rings is 1. The predicted octanol–water partition coefficient (Wildman–Crippen LogP) is 4.39. The summed E-state index contributed by atoms with van der Waals surface area (Å²) in [5.41, 5.74) is 3.39. The summed E-state index contributed by atoms with van der Waals surface area (Å²) < 4.78 is 22.3. The van der Waals surface area contributed by atoms with Crippen LogP contribution < -0.4 is 5.56 Å². The van der Waals surface area contributed by atoms with Crippen molar-refractivity contribution in [2.45, 2.75) is 45.8 Å². The molecule has 1 aromatic carbocycles. The number of hydrogen-bond donors (Lipinski definition) is 0. The van der Waals surface area contributed by atoms with Crippen LogP contribution in [0.15, 0.2) is 41.3 Å². The number of aromatic nitrogens is 5. The van der Waals surface area contributed by atoms with E-state index in [-0.39, 0.29) is 24.0 Å². The number of halogens is 1. The van der Waals surface area contributed by atoms with Crippen molar-refractivity contribution in [1.82, 2.24) is 24.4 Å². The molecule has 4 aromatic rings. The fraction of sp³-hybridized carbons (Fsp3) is 0.417. The van der Waals surface area contributed by atoms with E-state index in [1.54, 1.807) is 23.8 Å². The first-order valence-electron chi connectivity index (χ1n) is 11.0. The van der Waals surface area contributed by atoms with Gasteiger partial charge >= 0.3 is 0 Å². The SMILES string of the molecule is COCc1nn2c(nnc3c(=O)n([C@H]4CCC[C@H](C)[C@@H]4C)ccc32)c1-c1ccc(F)cc1. The minimum Gasteiger partial charge on any atom is -0.378 e. The number of ether oxygens (including phenoxy) is 1. The van der Waals surface area contributed by atoms with Crippen LogP contribution in [0.2, 0.25) is 0 Å². The van der Waals surface area contributed by atoms with E-state index in [1.807, 2.05) is 16.8 Å². The van der Waals surface area contributed by atoms with E-state index in [0.29, 0.717) is 34.2 Å². The lowest BCUT2D eigenvalue weighted by atomic mass is 9.78. The smallest absolute Gasteiger partial charge is 0.280 e. The molecule has 166 valence electrons. The molecule has 0 aliphatic heterocycles. The molecule has 0 saturated heterocycles. The van der Waals surface area contributed by atoms with E-state index in [0.717, 1.165) is 24.0 Å². The molecule has 1 fully saturated rings. The molecular formula is C24H26FN5O2. The number of fused-ring (bicyclic) bond motifs is 3. The third-order valence-electron chi connectivity index (χ3n) is 6.91. The minimum absolute atomic E-state index is 0.144. The van der Waals surface area contributed by atoms with Crippen LogP contribution in [0, 0.1) is 17.7 Å². The molecule has 3 heterocycles. The monoisotopic (exact) mass is 435 g/mol. The topological polar surface area (TPSA) is 74.3 Å². The zero-order chi connectivity index (χ0) is 22.4. The zero-order valence-corrected chi connectivity index (χ0v) is 18.5. The summed E-state index contributed by atoms with van der Waals surface area (Å²) in [7, 11) is 1.59. The van der Waals surface area contributed by atoms with Crippen LogP contribution >= 0.6 is 0 Å². The van der Waals surface area contributed by atoms with E-state index in [4.69, 9.17) is 4.74 Å². The second-order valence-electron chi connectivity index (χ2n) is 8.79. The molecule has 0 amide bonds. The number of benzene rings is 1. The molecule has 1 aliphatic rings.